The second-order valence-corrected chi connectivity index (χ2v) is 6.72. The van der Waals surface area contributed by atoms with Gasteiger partial charge < -0.3 is 19.5 Å². The van der Waals surface area contributed by atoms with Gasteiger partial charge in [-0.3, -0.25) is 4.79 Å². The number of hydrogen-bond donors (Lipinski definition) is 1. The van der Waals surface area contributed by atoms with E-state index in [0.29, 0.717) is 30.8 Å². The van der Waals surface area contributed by atoms with Gasteiger partial charge in [0.1, 0.15) is 5.82 Å². The first-order chi connectivity index (χ1) is 13.8. The largest absolute Gasteiger partial charge is 0.490 e. The van der Waals surface area contributed by atoms with Crippen LogP contribution in [-0.2, 0) is 4.79 Å². The van der Waals surface area contributed by atoms with Crippen LogP contribution in [0.2, 0.25) is 0 Å². The fourth-order valence-corrected chi connectivity index (χ4v) is 2.85. The molecule has 0 bridgehead atoms. The SMILES string of the molecule is CCOc1ccc(C(NC(=O)COc2ccc(F)cc2F)C(C)C)cc1OCC. The molecule has 0 aliphatic heterocycles. The molecule has 0 saturated heterocycles. The molecule has 0 radical (unpaired) electrons. The molecule has 0 fully saturated rings. The van der Waals surface area contributed by atoms with Crippen LogP contribution >= 0.6 is 0 Å². The van der Waals surface area contributed by atoms with Crippen molar-refractivity contribution in [2.45, 2.75) is 33.7 Å². The molecule has 0 saturated carbocycles. The van der Waals surface area contributed by atoms with Crippen LogP contribution in [0.3, 0.4) is 0 Å². The Bertz CT molecular complexity index is 826. The standard InChI is InChI=1S/C22H27F2NO4/c1-5-27-19-9-7-15(11-20(19)28-6-2)22(14(3)4)25-21(26)13-29-18-10-8-16(23)12-17(18)24/h7-12,14,22H,5-6,13H2,1-4H3,(H,25,26). The Morgan fingerprint density at radius 1 is 0.931 bits per heavy atom. The summed E-state index contributed by atoms with van der Waals surface area (Å²) in [6, 6.07) is 8.16. The van der Waals surface area contributed by atoms with Gasteiger partial charge in [0.25, 0.3) is 5.91 Å². The van der Waals surface area contributed by atoms with Crippen molar-refractivity contribution in [3.63, 3.8) is 0 Å². The number of amides is 1. The summed E-state index contributed by atoms with van der Waals surface area (Å²) in [5, 5.41) is 2.90. The quantitative estimate of drug-likeness (QED) is 0.623. The van der Waals surface area contributed by atoms with Crippen LogP contribution in [0.5, 0.6) is 17.2 Å². The third kappa shape index (κ3) is 6.34. The minimum absolute atomic E-state index is 0.0777. The van der Waals surface area contributed by atoms with E-state index in [0.717, 1.165) is 17.7 Å². The summed E-state index contributed by atoms with van der Waals surface area (Å²) < 4.78 is 43.0. The van der Waals surface area contributed by atoms with E-state index < -0.39 is 17.5 Å². The van der Waals surface area contributed by atoms with Crippen molar-refractivity contribution in [2.75, 3.05) is 19.8 Å². The van der Waals surface area contributed by atoms with Gasteiger partial charge in [-0.05, 0) is 49.6 Å². The Morgan fingerprint density at radius 3 is 2.21 bits per heavy atom. The van der Waals surface area contributed by atoms with Gasteiger partial charge in [-0.1, -0.05) is 19.9 Å². The Kier molecular flexibility index (Phi) is 8.24. The van der Waals surface area contributed by atoms with Crippen molar-refractivity contribution in [1.29, 1.82) is 0 Å². The molecule has 0 aromatic heterocycles. The smallest absolute Gasteiger partial charge is 0.258 e. The summed E-state index contributed by atoms with van der Waals surface area (Å²) in [6.45, 7) is 8.34. The van der Waals surface area contributed by atoms with Gasteiger partial charge in [0.15, 0.2) is 29.7 Å². The van der Waals surface area contributed by atoms with Crippen molar-refractivity contribution >= 4 is 5.91 Å². The highest BCUT2D eigenvalue weighted by atomic mass is 19.1. The zero-order valence-electron chi connectivity index (χ0n) is 17.1. The summed E-state index contributed by atoms with van der Waals surface area (Å²) in [5.41, 5.74) is 0.855. The number of halogens is 2. The van der Waals surface area contributed by atoms with E-state index in [4.69, 9.17) is 14.2 Å². The topological polar surface area (TPSA) is 56.8 Å². The van der Waals surface area contributed by atoms with Crippen molar-refractivity contribution in [3.05, 3.63) is 53.6 Å². The molecule has 2 aromatic rings. The molecule has 158 valence electrons. The van der Waals surface area contributed by atoms with E-state index in [1.54, 1.807) is 0 Å². The average Bonchev–Trinajstić information content (AvgIpc) is 2.67. The predicted molar refractivity (Wildman–Crippen MR) is 106 cm³/mol. The number of carbonyl (C=O) groups is 1. The number of benzene rings is 2. The molecule has 0 aliphatic rings. The lowest BCUT2D eigenvalue weighted by molar-refractivity contribution is -0.124. The van der Waals surface area contributed by atoms with Gasteiger partial charge in [0, 0.05) is 6.07 Å². The number of hydrogen-bond acceptors (Lipinski definition) is 4. The molecule has 7 heteroatoms. The van der Waals surface area contributed by atoms with Gasteiger partial charge >= 0.3 is 0 Å². The van der Waals surface area contributed by atoms with Gasteiger partial charge in [-0.25, -0.2) is 8.78 Å². The second-order valence-electron chi connectivity index (χ2n) is 6.72. The molecule has 0 spiro atoms. The summed E-state index contributed by atoms with van der Waals surface area (Å²) in [4.78, 5) is 12.4. The highest BCUT2D eigenvalue weighted by Gasteiger charge is 2.21. The Balaban J connectivity index is 2.10. The van der Waals surface area contributed by atoms with E-state index in [2.05, 4.69) is 5.32 Å². The molecule has 1 atom stereocenters. The van der Waals surface area contributed by atoms with Crippen LogP contribution in [0.1, 0.15) is 39.3 Å². The number of nitrogens with one attached hydrogen (secondary N) is 1. The third-order valence-electron chi connectivity index (χ3n) is 4.16. The normalized spacial score (nSPS) is 11.8. The molecule has 5 nitrogen and oxygen atoms in total. The fraction of sp³-hybridized carbons (Fsp3) is 0.409. The maximum absolute atomic E-state index is 13.7. The van der Waals surface area contributed by atoms with Crippen LogP contribution in [-0.4, -0.2) is 25.7 Å². The first kappa shape index (κ1) is 22.5. The fourth-order valence-electron chi connectivity index (χ4n) is 2.85. The van der Waals surface area contributed by atoms with Gasteiger partial charge in [0.05, 0.1) is 19.3 Å². The maximum atomic E-state index is 13.7. The predicted octanol–water partition coefficient (Wildman–Crippen LogP) is 4.65. The number of carbonyl (C=O) groups excluding carboxylic acids is 1. The summed E-state index contributed by atoms with van der Waals surface area (Å²) in [5.74, 6) is -0.833. The Hall–Kier alpha value is -2.83. The van der Waals surface area contributed by atoms with Crippen molar-refractivity contribution in [1.82, 2.24) is 5.32 Å². The van der Waals surface area contributed by atoms with Gasteiger partial charge in [-0.15, -0.1) is 0 Å². The van der Waals surface area contributed by atoms with Crippen molar-refractivity contribution in [3.8, 4) is 17.2 Å². The lowest BCUT2D eigenvalue weighted by atomic mass is 9.95. The van der Waals surface area contributed by atoms with Crippen molar-refractivity contribution in [2.24, 2.45) is 5.92 Å². The zero-order chi connectivity index (χ0) is 21.4. The number of ether oxygens (including phenoxy) is 3. The average molecular weight is 407 g/mol. The van der Waals surface area contributed by atoms with E-state index in [9.17, 15) is 13.6 Å². The summed E-state index contributed by atoms with van der Waals surface area (Å²) in [7, 11) is 0. The second kappa shape index (κ2) is 10.6. The highest BCUT2D eigenvalue weighted by Crippen LogP contribution is 2.33. The third-order valence-corrected chi connectivity index (χ3v) is 4.16. The molecule has 2 aromatic carbocycles. The molecular weight excluding hydrogens is 380 g/mol. The minimum Gasteiger partial charge on any atom is -0.490 e. The molecule has 29 heavy (non-hydrogen) atoms. The maximum Gasteiger partial charge on any atom is 0.258 e. The molecule has 0 aliphatic carbocycles. The van der Waals surface area contributed by atoms with E-state index in [1.165, 1.54) is 0 Å². The van der Waals surface area contributed by atoms with Crippen LogP contribution in [0.25, 0.3) is 0 Å². The van der Waals surface area contributed by atoms with Crippen LogP contribution in [0.15, 0.2) is 36.4 Å². The monoisotopic (exact) mass is 407 g/mol. The Labute approximate surface area is 170 Å². The minimum atomic E-state index is -0.855. The molecular formula is C22H27F2NO4. The lowest BCUT2D eigenvalue weighted by Crippen LogP contribution is -2.35. The lowest BCUT2D eigenvalue weighted by Gasteiger charge is -2.24. The van der Waals surface area contributed by atoms with Gasteiger partial charge in [0.2, 0.25) is 0 Å². The van der Waals surface area contributed by atoms with Crippen LogP contribution in [0, 0.1) is 17.6 Å². The van der Waals surface area contributed by atoms with Crippen LogP contribution in [0.4, 0.5) is 8.78 Å². The van der Waals surface area contributed by atoms with E-state index >= 15 is 0 Å². The molecule has 1 amide bonds. The number of rotatable bonds is 10. The zero-order valence-corrected chi connectivity index (χ0v) is 17.1. The Morgan fingerprint density at radius 2 is 1.59 bits per heavy atom. The molecule has 1 unspecified atom stereocenters. The summed E-state index contributed by atoms with van der Waals surface area (Å²) >= 11 is 0. The summed E-state index contributed by atoms with van der Waals surface area (Å²) in [6.07, 6.45) is 0. The first-order valence-corrected chi connectivity index (χ1v) is 9.62. The van der Waals surface area contributed by atoms with E-state index in [-0.39, 0.29) is 24.3 Å². The van der Waals surface area contributed by atoms with Crippen LogP contribution < -0.4 is 19.5 Å². The van der Waals surface area contributed by atoms with Crippen molar-refractivity contribution < 1.29 is 27.8 Å². The highest BCUT2D eigenvalue weighted by molar-refractivity contribution is 5.78. The molecule has 1 N–H and O–H groups in total. The van der Waals surface area contributed by atoms with Gasteiger partial charge in [-0.2, -0.15) is 0 Å². The van der Waals surface area contributed by atoms with E-state index in [1.807, 2.05) is 45.9 Å². The first-order valence-electron chi connectivity index (χ1n) is 9.62. The molecule has 0 heterocycles. The molecule has 2 rings (SSSR count).